The minimum Gasteiger partial charge on any atom is -0.469 e. The molecule has 1 aromatic carbocycles. The van der Waals surface area contributed by atoms with Gasteiger partial charge in [0.05, 0.1) is 12.3 Å². The lowest BCUT2D eigenvalue weighted by atomic mass is 9.98. The van der Waals surface area contributed by atoms with Crippen LogP contribution in [-0.2, 0) is 0 Å². The molecule has 5 heteroatoms. The Hall–Kier alpha value is -1.75. The predicted molar refractivity (Wildman–Crippen MR) is 65.3 cm³/mol. The summed E-state index contributed by atoms with van der Waals surface area (Å²) in [6.07, 6.45) is 1.48. The number of hydrogen-bond acceptors (Lipinski definition) is 2. The molecule has 2 nitrogen and oxygen atoms in total. The predicted octanol–water partition coefficient (Wildman–Crippen LogP) is 3.70. The van der Waals surface area contributed by atoms with E-state index >= 15 is 0 Å². The normalized spacial score (nSPS) is 12.7. The quantitative estimate of drug-likeness (QED) is 0.856. The van der Waals surface area contributed by atoms with Crippen molar-refractivity contribution in [3.05, 3.63) is 58.8 Å². The molecule has 0 saturated carbocycles. The summed E-state index contributed by atoms with van der Waals surface area (Å²) in [5.74, 6) is -2.44. The number of nitrogens with one attached hydrogen (secondary N) is 1. The first-order chi connectivity index (χ1) is 9.04. The van der Waals surface area contributed by atoms with Gasteiger partial charge in [-0.3, -0.25) is 0 Å². The molecule has 0 aliphatic rings. The molecule has 1 atom stereocenters. The summed E-state index contributed by atoms with van der Waals surface area (Å²) < 4.78 is 45.3. The lowest BCUT2D eigenvalue weighted by Gasteiger charge is -2.18. The Morgan fingerprint density at radius 2 is 1.79 bits per heavy atom. The molecule has 19 heavy (non-hydrogen) atoms. The Balaban J connectivity index is 2.51. The Morgan fingerprint density at radius 3 is 2.37 bits per heavy atom. The summed E-state index contributed by atoms with van der Waals surface area (Å²) in [5.41, 5.74) is 0.761. The van der Waals surface area contributed by atoms with Gasteiger partial charge in [0.2, 0.25) is 0 Å². The van der Waals surface area contributed by atoms with Crippen LogP contribution in [0.2, 0.25) is 0 Å². The van der Waals surface area contributed by atoms with Crippen molar-refractivity contribution >= 4 is 0 Å². The van der Waals surface area contributed by atoms with Crippen LogP contribution in [0.3, 0.4) is 0 Å². The number of furan rings is 1. The van der Waals surface area contributed by atoms with Gasteiger partial charge < -0.3 is 9.73 Å². The van der Waals surface area contributed by atoms with Crippen LogP contribution < -0.4 is 5.32 Å². The van der Waals surface area contributed by atoms with Crippen molar-refractivity contribution in [3.63, 3.8) is 0 Å². The maximum atomic E-state index is 13.9. The Kier molecular flexibility index (Phi) is 3.95. The van der Waals surface area contributed by atoms with Crippen molar-refractivity contribution in [3.8, 4) is 0 Å². The van der Waals surface area contributed by atoms with Crippen LogP contribution >= 0.6 is 0 Å². The SMILES string of the molecule is CCNC(c1cc(F)c(F)cc1F)c1ccoc1C. The van der Waals surface area contributed by atoms with Crippen molar-refractivity contribution in [1.82, 2.24) is 5.32 Å². The fraction of sp³-hybridized carbons (Fsp3) is 0.286. The third-order valence-corrected chi connectivity index (χ3v) is 2.97. The highest BCUT2D eigenvalue weighted by Crippen LogP contribution is 2.28. The third-order valence-electron chi connectivity index (χ3n) is 2.97. The fourth-order valence-electron chi connectivity index (χ4n) is 2.05. The molecule has 2 aromatic rings. The maximum absolute atomic E-state index is 13.9. The number of halogens is 3. The molecule has 0 bridgehead atoms. The molecule has 1 aromatic heterocycles. The monoisotopic (exact) mass is 269 g/mol. The van der Waals surface area contributed by atoms with Crippen molar-refractivity contribution in [2.24, 2.45) is 0 Å². The van der Waals surface area contributed by atoms with Crippen LogP contribution in [0, 0.1) is 24.4 Å². The molecule has 0 aliphatic carbocycles. The van der Waals surface area contributed by atoms with Crippen LogP contribution in [0.4, 0.5) is 13.2 Å². The standard InChI is InChI=1S/C14H14F3NO/c1-3-18-14(9-4-5-19-8(9)2)10-6-12(16)13(17)7-11(10)15/h4-7,14,18H,3H2,1-2H3. The van der Waals surface area contributed by atoms with E-state index in [0.29, 0.717) is 23.9 Å². The van der Waals surface area contributed by atoms with Crippen LogP contribution in [0.5, 0.6) is 0 Å². The van der Waals surface area contributed by atoms with E-state index in [1.807, 2.05) is 6.92 Å². The van der Waals surface area contributed by atoms with Crippen molar-refractivity contribution in [1.29, 1.82) is 0 Å². The molecule has 102 valence electrons. The highest BCUT2D eigenvalue weighted by atomic mass is 19.2. The second kappa shape index (κ2) is 5.48. The van der Waals surface area contributed by atoms with Crippen molar-refractivity contribution in [2.45, 2.75) is 19.9 Å². The summed E-state index contributed by atoms with van der Waals surface area (Å²) in [7, 11) is 0. The summed E-state index contributed by atoms with van der Waals surface area (Å²) in [4.78, 5) is 0. The molecule has 0 saturated heterocycles. The van der Waals surface area contributed by atoms with Gasteiger partial charge in [-0.05, 0) is 25.6 Å². The molecule has 0 aliphatic heterocycles. The maximum Gasteiger partial charge on any atom is 0.161 e. The summed E-state index contributed by atoms with van der Waals surface area (Å²) in [5, 5.41) is 3.04. The summed E-state index contributed by atoms with van der Waals surface area (Å²) in [6, 6.07) is 2.55. The molecule has 1 unspecified atom stereocenters. The lowest BCUT2D eigenvalue weighted by Crippen LogP contribution is -2.23. The first kappa shape index (κ1) is 13.7. The van der Waals surface area contributed by atoms with Gasteiger partial charge in [-0.15, -0.1) is 0 Å². The summed E-state index contributed by atoms with van der Waals surface area (Å²) >= 11 is 0. The number of rotatable bonds is 4. The van der Waals surface area contributed by atoms with E-state index in [1.54, 1.807) is 13.0 Å². The number of hydrogen-bond donors (Lipinski definition) is 1. The van der Waals surface area contributed by atoms with Crippen LogP contribution in [0.25, 0.3) is 0 Å². The van der Waals surface area contributed by atoms with Gasteiger partial charge >= 0.3 is 0 Å². The topological polar surface area (TPSA) is 25.2 Å². The summed E-state index contributed by atoms with van der Waals surface area (Å²) in [6.45, 7) is 4.13. The second-order valence-electron chi connectivity index (χ2n) is 4.21. The van der Waals surface area contributed by atoms with Gasteiger partial charge in [0.1, 0.15) is 11.6 Å². The number of aryl methyl sites for hydroxylation is 1. The van der Waals surface area contributed by atoms with Crippen LogP contribution in [0.15, 0.2) is 28.9 Å². The average molecular weight is 269 g/mol. The highest BCUT2D eigenvalue weighted by molar-refractivity contribution is 5.34. The van der Waals surface area contributed by atoms with Crippen LogP contribution in [-0.4, -0.2) is 6.54 Å². The van der Waals surface area contributed by atoms with E-state index in [-0.39, 0.29) is 5.56 Å². The van der Waals surface area contributed by atoms with Gasteiger partial charge in [-0.1, -0.05) is 6.92 Å². The molecule has 0 spiro atoms. The van der Waals surface area contributed by atoms with Crippen LogP contribution in [0.1, 0.15) is 29.9 Å². The van der Waals surface area contributed by atoms with Gasteiger partial charge in [0, 0.05) is 17.2 Å². The minimum absolute atomic E-state index is 0.0604. The Bertz CT molecular complexity index is 580. The van der Waals surface area contributed by atoms with E-state index in [0.717, 1.165) is 6.07 Å². The largest absolute Gasteiger partial charge is 0.469 e. The van der Waals surface area contributed by atoms with Crippen molar-refractivity contribution in [2.75, 3.05) is 6.54 Å². The van der Waals surface area contributed by atoms with E-state index in [4.69, 9.17) is 4.42 Å². The van der Waals surface area contributed by atoms with Crippen molar-refractivity contribution < 1.29 is 17.6 Å². The van der Waals surface area contributed by atoms with E-state index in [9.17, 15) is 13.2 Å². The zero-order valence-corrected chi connectivity index (χ0v) is 10.6. The third kappa shape index (κ3) is 2.66. The molecule has 2 rings (SSSR count). The minimum atomic E-state index is -1.19. The molecular weight excluding hydrogens is 255 g/mol. The first-order valence-electron chi connectivity index (χ1n) is 5.96. The van der Waals surface area contributed by atoms with E-state index < -0.39 is 23.5 Å². The molecule has 0 fully saturated rings. The number of benzene rings is 1. The second-order valence-corrected chi connectivity index (χ2v) is 4.21. The van der Waals surface area contributed by atoms with Gasteiger partial charge in [-0.2, -0.15) is 0 Å². The Morgan fingerprint density at radius 1 is 1.11 bits per heavy atom. The average Bonchev–Trinajstić information content (AvgIpc) is 2.77. The molecule has 1 heterocycles. The zero-order valence-electron chi connectivity index (χ0n) is 10.6. The van der Waals surface area contributed by atoms with Gasteiger partial charge in [0.15, 0.2) is 11.6 Å². The van der Waals surface area contributed by atoms with Gasteiger partial charge in [0.25, 0.3) is 0 Å². The van der Waals surface area contributed by atoms with E-state index in [2.05, 4.69) is 5.32 Å². The smallest absolute Gasteiger partial charge is 0.161 e. The fourth-order valence-corrected chi connectivity index (χ4v) is 2.05. The molecular formula is C14H14F3NO. The Labute approximate surface area is 109 Å². The van der Waals surface area contributed by atoms with E-state index in [1.165, 1.54) is 6.26 Å². The molecule has 1 N–H and O–H groups in total. The molecule has 0 amide bonds. The molecule has 0 radical (unpaired) electrons. The zero-order chi connectivity index (χ0) is 14.0. The lowest BCUT2D eigenvalue weighted by molar-refractivity contribution is 0.478. The van der Waals surface area contributed by atoms with Gasteiger partial charge in [-0.25, -0.2) is 13.2 Å². The highest BCUT2D eigenvalue weighted by Gasteiger charge is 2.22. The first-order valence-corrected chi connectivity index (χ1v) is 5.96.